The van der Waals surface area contributed by atoms with Gasteiger partial charge < -0.3 is 4.90 Å². The minimum atomic E-state index is 0.192. The third-order valence-electron chi connectivity index (χ3n) is 4.21. The predicted molar refractivity (Wildman–Crippen MR) is 81.4 cm³/mol. The molecule has 1 aromatic rings. The van der Waals surface area contributed by atoms with Gasteiger partial charge in [0.1, 0.15) is 0 Å². The van der Waals surface area contributed by atoms with Crippen molar-refractivity contribution in [1.29, 1.82) is 0 Å². The van der Waals surface area contributed by atoms with E-state index in [1.54, 1.807) is 12.1 Å². The molecule has 0 spiro atoms. The van der Waals surface area contributed by atoms with Crippen LogP contribution in [-0.4, -0.2) is 54.9 Å². The molecule has 1 saturated carbocycles. The molecule has 0 atom stereocenters. The van der Waals surface area contributed by atoms with Crippen LogP contribution in [0, 0.1) is 5.92 Å². The van der Waals surface area contributed by atoms with Gasteiger partial charge in [-0.25, -0.2) is 0 Å². The molecule has 3 nitrogen and oxygen atoms in total. The van der Waals surface area contributed by atoms with Crippen LogP contribution in [0.3, 0.4) is 0 Å². The Morgan fingerprint density at radius 1 is 1.05 bits per heavy atom. The van der Waals surface area contributed by atoms with Crippen molar-refractivity contribution in [3.05, 3.63) is 34.9 Å². The molecule has 0 aromatic heterocycles. The number of halogens is 1. The van der Waals surface area contributed by atoms with E-state index in [4.69, 9.17) is 11.6 Å². The summed E-state index contributed by atoms with van der Waals surface area (Å²) in [5.41, 5.74) is 0.759. The van der Waals surface area contributed by atoms with Crippen LogP contribution < -0.4 is 0 Å². The molecule has 1 heterocycles. The van der Waals surface area contributed by atoms with Gasteiger partial charge in [0.25, 0.3) is 0 Å². The lowest BCUT2D eigenvalue weighted by Crippen LogP contribution is -2.48. The molecule has 2 fully saturated rings. The quantitative estimate of drug-likeness (QED) is 0.779. The van der Waals surface area contributed by atoms with Crippen molar-refractivity contribution in [3.63, 3.8) is 0 Å². The Bertz CT molecular complexity index is 462. The van der Waals surface area contributed by atoms with Crippen LogP contribution in [0.4, 0.5) is 0 Å². The van der Waals surface area contributed by atoms with Gasteiger partial charge in [-0.05, 0) is 43.0 Å². The van der Waals surface area contributed by atoms with Crippen molar-refractivity contribution >= 4 is 17.4 Å². The van der Waals surface area contributed by atoms with Crippen molar-refractivity contribution < 1.29 is 4.79 Å². The molecule has 0 N–H and O–H groups in total. The van der Waals surface area contributed by atoms with Crippen LogP contribution in [0.15, 0.2) is 24.3 Å². The smallest absolute Gasteiger partial charge is 0.176 e. The second-order valence-corrected chi connectivity index (χ2v) is 6.39. The van der Waals surface area contributed by atoms with Gasteiger partial charge in [-0.15, -0.1) is 0 Å². The van der Waals surface area contributed by atoms with Crippen molar-refractivity contribution in [2.75, 3.05) is 39.3 Å². The SMILES string of the molecule is O=C(CN1CCN(CC2CC2)CC1)c1ccc(Cl)cc1. The second kappa shape index (κ2) is 6.25. The molecular weight excluding hydrogens is 272 g/mol. The highest BCUT2D eigenvalue weighted by Gasteiger charge is 2.26. The molecule has 0 amide bonds. The van der Waals surface area contributed by atoms with Crippen molar-refractivity contribution in [2.45, 2.75) is 12.8 Å². The number of benzene rings is 1. The summed E-state index contributed by atoms with van der Waals surface area (Å²) >= 11 is 5.84. The lowest BCUT2D eigenvalue weighted by Gasteiger charge is -2.34. The van der Waals surface area contributed by atoms with Crippen molar-refractivity contribution in [1.82, 2.24) is 9.80 Å². The van der Waals surface area contributed by atoms with Crippen LogP contribution in [-0.2, 0) is 0 Å². The molecule has 1 aromatic carbocycles. The maximum atomic E-state index is 12.2. The Morgan fingerprint density at radius 2 is 1.65 bits per heavy atom. The number of Topliss-reactive ketones (excluding diaryl/α,β-unsaturated/α-hetero) is 1. The number of ketones is 1. The summed E-state index contributed by atoms with van der Waals surface area (Å²) in [6.45, 7) is 6.00. The lowest BCUT2D eigenvalue weighted by molar-refractivity contribution is 0.0847. The first kappa shape index (κ1) is 14.1. The molecule has 0 radical (unpaired) electrons. The zero-order chi connectivity index (χ0) is 13.9. The number of carbonyl (C=O) groups excluding carboxylic acids is 1. The first-order chi connectivity index (χ1) is 9.70. The average Bonchev–Trinajstić information content (AvgIpc) is 3.26. The molecule has 1 aliphatic heterocycles. The summed E-state index contributed by atoms with van der Waals surface area (Å²) in [4.78, 5) is 17.0. The monoisotopic (exact) mass is 292 g/mol. The third kappa shape index (κ3) is 3.81. The normalized spacial score (nSPS) is 21.1. The highest BCUT2D eigenvalue weighted by atomic mass is 35.5. The summed E-state index contributed by atoms with van der Waals surface area (Å²) < 4.78 is 0. The summed E-state index contributed by atoms with van der Waals surface area (Å²) in [5, 5.41) is 0.676. The summed E-state index contributed by atoms with van der Waals surface area (Å²) in [6, 6.07) is 7.19. The molecule has 3 rings (SSSR count). The van der Waals surface area contributed by atoms with Gasteiger partial charge >= 0.3 is 0 Å². The van der Waals surface area contributed by atoms with E-state index in [1.807, 2.05) is 12.1 Å². The maximum Gasteiger partial charge on any atom is 0.176 e. The van der Waals surface area contributed by atoms with Crippen LogP contribution in [0.2, 0.25) is 5.02 Å². The van der Waals surface area contributed by atoms with E-state index in [2.05, 4.69) is 9.80 Å². The molecule has 1 aliphatic carbocycles. The molecule has 108 valence electrons. The van der Waals surface area contributed by atoms with E-state index in [9.17, 15) is 4.79 Å². The Morgan fingerprint density at radius 3 is 2.25 bits per heavy atom. The molecule has 2 aliphatic rings. The number of hydrogen-bond donors (Lipinski definition) is 0. The van der Waals surface area contributed by atoms with Gasteiger partial charge in [0.05, 0.1) is 6.54 Å². The molecule has 0 bridgehead atoms. The fourth-order valence-electron chi connectivity index (χ4n) is 2.73. The molecular formula is C16H21ClN2O. The molecule has 4 heteroatoms. The molecule has 20 heavy (non-hydrogen) atoms. The highest BCUT2D eigenvalue weighted by molar-refractivity contribution is 6.30. The maximum absolute atomic E-state index is 12.2. The van der Waals surface area contributed by atoms with Crippen molar-refractivity contribution in [3.8, 4) is 0 Å². The van der Waals surface area contributed by atoms with E-state index < -0.39 is 0 Å². The number of hydrogen-bond acceptors (Lipinski definition) is 3. The largest absolute Gasteiger partial charge is 0.301 e. The predicted octanol–water partition coefficient (Wildman–Crippen LogP) is 2.55. The van der Waals surface area contributed by atoms with E-state index in [0.717, 1.165) is 37.7 Å². The van der Waals surface area contributed by atoms with Gasteiger partial charge in [-0.2, -0.15) is 0 Å². The summed E-state index contributed by atoms with van der Waals surface area (Å²) in [5.74, 6) is 1.15. The Hall–Kier alpha value is -0.900. The average molecular weight is 293 g/mol. The first-order valence-corrected chi connectivity index (χ1v) is 7.82. The van der Waals surface area contributed by atoms with Crippen molar-refractivity contribution in [2.24, 2.45) is 5.92 Å². The minimum Gasteiger partial charge on any atom is -0.301 e. The van der Waals surface area contributed by atoms with Gasteiger partial charge in [0.15, 0.2) is 5.78 Å². The first-order valence-electron chi connectivity index (χ1n) is 7.44. The van der Waals surface area contributed by atoms with Crippen LogP contribution in [0.1, 0.15) is 23.2 Å². The second-order valence-electron chi connectivity index (χ2n) is 5.95. The molecule has 0 unspecified atom stereocenters. The molecule has 1 saturated heterocycles. The van der Waals surface area contributed by atoms with Gasteiger partial charge in [-0.1, -0.05) is 11.6 Å². The highest BCUT2D eigenvalue weighted by Crippen LogP contribution is 2.29. The fraction of sp³-hybridized carbons (Fsp3) is 0.562. The number of nitrogens with zero attached hydrogens (tertiary/aromatic N) is 2. The summed E-state index contributed by atoms with van der Waals surface area (Å²) in [6.07, 6.45) is 2.82. The van der Waals surface area contributed by atoms with Crippen LogP contribution in [0.25, 0.3) is 0 Å². The number of piperazine rings is 1. The number of carbonyl (C=O) groups is 1. The van der Waals surface area contributed by atoms with Gasteiger partial charge in [-0.3, -0.25) is 9.69 Å². The fourth-order valence-corrected chi connectivity index (χ4v) is 2.85. The lowest BCUT2D eigenvalue weighted by atomic mass is 10.1. The van der Waals surface area contributed by atoms with Crippen LogP contribution >= 0.6 is 11.6 Å². The Kier molecular flexibility index (Phi) is 4.39. The van der Waals surface area contributed by atoms with E-state index in [0.29, 0.717) is 11.6 Å². The van der Waals surface area contributed by atoms with Crippen LogP contribution in [0.5, 0.6) is 0 Å². The topological polar surface area (TPSA) is 23.6 Å². The Balaban J connectivity index is 1.46. The van der Waals surface area contributed by atoms with E-state index >= 15 is 0 Å². The zero-order valence-corrected chi connectivity index (χ0v) is 12.5. The summed E-state index contributed by atoms with van der Waals surface area (Å²) in [7, 11) is 0. The Labute approximate surface area is 125 Å². The minimum absolute atomic E-state index is 0.192. The van der Waals surface area contributed by atoms with Gasteiger partial charge in [0.2, 0.25) is 0 Å². The van der Waals surface area contributed by atoms with E-state index in [-0.39, 0.29) is 5.78 Å². The van der Waals surface area contributed by atoms with Gasteiger partial charge in [0, 0.05) is 43.3 Å². The third-order valence-corrected chi connectivity index (χ3v) is 4.46. The standard InChI is InChI=1S/C16H21ClN2O/c17-15-5-3-14(4-6-15)16(20)12-19-9-7-18(8-10-19)11-13-1-2-13/h3-6,13H,1-2,7-12H2. The number of rotatable bonds is 5. The zero-order valence-electron chi connectivity index (χ0n) is 11.7. The van der Waals surface area contributed by atoms with E-state index in [1.165, 1.54) is 19.4 Å².